The maximum atomic E-state index is 11.5. The average Bonchev–Trinajstić information content (AvgIpc) is 3.23. The van der Waals surface area contributed by atoms with E-state index >= 15 is 0 Å². The zero-order valence-corrected chi connectivity index (χ0v) is 18.7. The summed E-state index contributed by atoms with van der Waals surface area (Å²) in [5.74, 6) is 0.474. The van der Waals surface area contributed by atoms with Crippen LogP contribution in [0.5, 0.6) is 5.75 Å². The summed E-state index contributed by atoms with van der Waals surface area (Å²) in [5, 5.41) is 9.43. The van der Waals surface area contributed by atoms with Crippen LogP contribution in [0.1, 0.15) is 60.4 Å². The number of benzene rings is 2. The van der Waals surface area contributed by atoms with Crippen LogP contribution in [-0.2, 0) is 0 Å². The highest BCUT2D eigenvalue weighted by Gasteiger charge is 2.27. The van der Waals surface area contributed by atoms with E-state index in [-0.39, 0.29) is 6.10 Å². The Morgan fingerprint density at radius 3 is 2.65 bits per heavy atom. The molecule has 7 heteroatoms. The van der Waals surface area contributed by atoms with Crippen molar-refractivity contribution in [1.82, 2.24) is 4.37 Å². The van der Waals surface area contributed by atoms with Gasteiger partial charge in [0.25, 0.3) is 0 Å². The van der Waals surface area contributed by atoms with Gasteiger partial charge >= 0.3 is 5.97 Å². The topological polar surface area (TPSA) is 71.5 Å². The normalized spacial score (nSPS) is 16.4. The van der Waals surface area contributed by atoms with Crippen LogP contribution >= 0.6 is 23.5 Å². The van der Waals surface area contributed by atoms with Gasteiger partial charge in [0.05, 0.1) is 22.2 Å². The fourth-order valence-corrected chi connectivity index (χ4v) is 5.52. The van der Waals surface area contributed by atoms with Gasteiger partial charge in [-0.2, -0.15) is 0 Å². The highest BCUT2D eigenvalue weighted by atomic mass is 32.2. The van der Waals surface area contributed by atoms with Gasteiger partial charge in [0.15, 0.2) is 0 Å². The minimum atomic E-state index is -0.901. The van der Waals surface area contributed by atoms with Gasteiger partial charge in [-0.15, -0.1) is 0 Å². The molecule has 2 aliphatic carbocycles. The Balaban J connectivity index is 1.43. The Kier molecular flexibility index (Phi) is 5.87. The second kappa shape index (κ2) is 8.93. The molecule has 2 aromatic carbocycles. The van der Waals surface area contributed by atoms with Gasteiger partial charge in [0, 0.05) is 11.1 Å². The fourth-order valence-electron chi connectivity index (χ4n) is 4.01. The molecule has 0 aliphatic heterocycles. The molecule has 0 amide bonds. The van der Waals surface area contributed by atoms with Crippen LogP contribution in [0.3, 0.4) is 0 Å². The Morgan fingerprint density at radius 2 is 1.94 bits per heavy atom. The van der Waals surface area contributed by atoms with Crippen LogP contribution in [0.15, 0.2) is 53.6 Å². The maximum Gasteiger partial charge on any atom is 0.335 e. The molecular weight excluding hydrogens is 428 g/mol. The van der Waals surface area contributed by atoms with Gasteiger partial charge in [0.2, 0.25) is 0 Å². The van der Waals surface area contributed by atoms with E-state index in [4.69, 9.17) is 4.74 Å². The molecule has 3 aromatic rings. The Morgan fingerprint density at radius 1 is 1.10 bits per heavy atom. The molecule has 1 heterocycles. The molecule has 5 rings (SSSR count). The summed E-state index contributed by atoms with van der Waals surface area (Å²) in [6.07, 6.45) is 9.02. The van der Waals surface area contributed by atoms with Gasteiger partial charge in [-0.25, -0.2) is 9.17 Å². The Hall–Kier alpha value is -2.51. The minimum Gasteiger partial charge on any atom is -0.488 e. The first-order chi connectivity index (χ1) is 15.2. The van der Waals surface area contributed by atoms with Crippen molar-refractivity contribution < 1.29 is 14.6 Å². The highest BCUT2D eigenvalue weighted by Crippen LogP contribution is 2.45. The summed E-state index contributed by atoms with van der Waals surface area (Å²) in [4.78, 5) is 13.6. The molecule has 0 bridgehead atoms. The number of aromatic nitrogens is 1. The molecule has 2 fully saturated rings. The number of hydrogen-bond donors (Lipinski definition) is 2. The van der Waals surface area contributed by atoms with E-state index in [1.165, 1.54) is 41.9 Å². The number of carboxylic acid groups (broad SMARTS) is 1. The molecule has 2 saturated carbocycles. The van der Waals surface area contributed by atoms with Crippen molar-refractivity contribution in [2.24, 2.45) is 0 Å². The van der Waals surface area contributed by atoms with E-state index in [1.54, 1.807) is 12.1 Å². The maximum absolute atomic E-state index is 11.5. The predicted octanol–water partition coefficient (Wildman–Crippen LogP) is 6.83. The van der Waals surface area contributed by atoms with Crippen LogP contribution in [0, 0.1) is 0 Å². The molecule has 160 valence electrons. The number of rotatable bonds is 8. The summed E-state index contributed by atoms with van der Waals surface area (Å²) in [6, 6.07) is 13.7. The van der Waals surface area contributed by atoms with E-state index in [1.807, 2.05) is 24.4 Å². The van der Waals surface area contributed by atoms with Gasteiger partial charge < -0.3 is 14.6 Å². The number of ether oxygens (including phenoxy) is 1. The van der Waals surface area contributed by atoms with E-state index in [2.05, 4.69) is 21.2 Å². The first kappa shape index (κ1) is 20.4. The predicted molar refractivity (Wildman–Crippen MR) is 125 cm³/mol. The van der Waals surface area contributed by atoms with E-state index in [9.17, 15) is 9.90 Å². The summed E-state index contributed by atoms with van der Waals surface area (Å²) in [5.41, 5.74) is 3.53. The first-order valence-electron chi connectivity index (χ1n) is 10.7. The molecule has 0 saturated heterocycles. The van der Waals surface area contributed by atoms with Crippen molar-refractivity contribution in [2.45, 2.75) is 55.4 Å². The number of carboxylic acids is 1. The lowest BCUT2D eigenvalue weighted by Crippen LogP contribution is -2.11. The quantitative estimate of drug-likeness (QED) is 0.365. The zero-order chi connectivity index (χ0) is 21.2. The van der Waals surface area contributed by atoms with Gasteiger partial charge in [-0.05, 0) is 115 Å². The lowest BCUT2D eigenvalue weighted by atomic mass is 10.1. The number of hydrogen-bond acceptors (Lipinski definition) is 6. The number of nitrogens with one attached hydrogen (secondary N) is 1. The first-order valence-corrected chi connectivity index (χ1v) is 12.3. The molecule has 31 heavy (non-hydrogen) atoms. The largest absolute Gasteiger partial charge is 0.488 e. The van der Waals surface area contributed by atoms with Crippen molar-refractivity contribution in [1.29, 1.82) is 0 Å². The van der Waals surface area contributed by atoms with E-state index < -0.39 is 5.97 Å². The van der Waals surface area contributed by atoms with Crippen LogP contribution in [0.25, 0.3) is 10.4 Å². The SMILES string of the molecule is O=C(O)c1ccc(C2CC2)c(SNc2cc(-c3ccns3)ccc2OC2CCCC2)c1. The lowest BCUT2D eigenvalue weighted by molar-refractivity contribution is 0.0696. The van der Waals surface area contributed by atoms with Gasteiger partial charge in [-0.1, -0.05) is 6.07 Å². The second-order valence-corrected chi connectivity index (χ2v) is 9.83. The fraction of sp³-hybridized carbons (Fsp3) is 0.333. The van der Waals surface area contributed by atoms with Crippen molar-refractivity contribution >= 4 is 35.1 Å². The molecule has 0 radical (unpaired) electrons. The third kappa shape index (κ3) is 4.72. The zero-order valence-electron chi connectivity index (χ0n) is 17.0. The van der Waals surface area contributed by atoms with E-state index in [0.717, 1.165) is 52.5 Å². The molecular formula is C24H24N2O3S2. The van der Waals surface area contributed by atoms with Crippen molar-refractivity contribution in [3.8, 4) is 16.2 Å². The smallest absolute Gasteiger partial charge is 0.335 e. The molecule has 1 aromatic heterocycles. The standard InChI is InChI=1S/C24H24N2O3S2/c27-24(28)17-7-9-19(15-5-6-15)23(14-17)31-26-20-13-16(22-11-12-25-30-22)8-10-21(20)29-18-3-1-2-4-18/h7-15,18,26H,1-6H2,(H,27,28). The third-order valence-electron chi connectivity index (χ3n) is 5.85. The van der Waals surface area contributed by atoms with Crippen molar-refractivity contribution in [3.05, 3.63) is 59.8 Å². The summed E-state index contributed by atoms with van der Waals surface area (Å²) < 4.78 is 14.0. The van der Waals surface area contributed by atoms with Crippen molar-refractivity contribution in [3.63, 3.8) is 0 Å². The average molecular weight is 453 g/mol. The van der Waals surface area contributed by atoms with Crippen LogP contribution in [-0.4, -0.2) is 21.6 Å². The third-order valence-corrected chi connectivity index (χ3v) is 7.54. The van der Waals surface area contributed by atoms with Gasteiger partial charge in [-0.3, -0.25) is 0 Å². The summed E-state index contributed by atoms with van der Waals surface area (Å²) in [7, 11) is 0. The second-order valence-electron chi connectivity index (χ2n) is 8.15. The lowest BCUT2D eigenvalue weighted by Gasteiger charge is -2.18. The van der Waals surface area contributed by atoms with Crippen molar-refractivity contribution in [2.75, 3.05) is 4.72 Å². The Labute approximate surface area is 190 Å². The number of anilines is 1. The molecule has 2 N–H and O–H groups in total. The van der Waals surface area contributed by atoms with E-state index in [0.29, 0.717) is 11.5 Å². The van der Waals surface area contributed by atoms with Gasteiger partial charge in [0.1, 0.15) is 5.75 Å². The molecule has 5 nitrogen and oxygen atoms in total. The van der Waals surface area contributed by atoms with Crippen LogP contribution < -0.4 is 9.46 Å². The molecule has 0 unspecified atom stereocenters. The van der Waals surface area contributed by atoms with Crippen LogP contribution in [0.2, 0.25) is 0 Å². The monoisotopic (exact) mass is 452 g/mol. The number of carbonyl (C=O) groups is 1. The van der Waals surface area contributed by atoms with Crippen LogP contribution in [0.4, 0.5) is 5.69 Å². The summed E-state index contributed by atoms with van der Waals surface area (Å²) in [6.45, 7) is 0. The summed E-state index contributed by atoms with van der Waals surface area (Å²) >= 11 is 2.94. The number of aromatic carboxylic acids is 1. The Bertz CT molecular complexity index is 1070. The number of nitrogens with zero attached hydrogens (tertiary/aromatic N) is 1. The minimum absolute atomic E-state index is 0.261. The molecule has 2 aliphatic rings. The highest BCUT2D eigenvalue weighted by molar-refractivity contribution is 8.00. The molecule has 0 atom stereocenters. The molecule has 0 spiro atoms.